The Hall–Kier alpha value is -2.78. The molecule has 1 aliphatic rings. The molecule has 0 saturated carbocycles. The summed E-state index contributed by atoms with van der Waals surface area (Å²) in [5.74, 6) is 1.65. The number of nitrogens with zero attached hydrogens (tertiary/aromatic N) is 4. The Morgan fingerprint density at radius 3 is 2.57 bits per heavy atom. The minimum absolute atomic E-state index is 0.00347. The number of unbranched alkanes of at least 4 members (excludes halogenated alkanes) is 2. The highest BCUT2D eigenvalue weighted by Crippen LogP contribution is 2.28. The van der Waals surface area contributed by atoms with Gasteiger partial charge in [-0.25, -0.2) is 4.98 Å². The Morgan fingerprint density at radius 1 is 1.24 bits per heavy atom. The third-order valence-corrected chi connectivity index (χ3v) is 6.60. The molecule has 1 saturated heterocycles. The Kier molecular flexibility index (Phi) is 10.2. The highest BCUT2D eigenvalue weighted by molar-refractivity contribution is 6.30. The van der Waals surface area contributed by atoms with Gasteiger partial charge in [-0.1, -0.05) is 49.6 Å². The number of imidazole rings is 1. The molecule has 0 spiro atoms. The Balaban J connectivity index is 0.000000414. The van der Waals surface area contributed by atoms with Gasteiger partial charge in [0.2, 0.25) is 5.78 Å². The minimum Gasteiger partial charge on any atom is -0.351 e. The van der Waals surface area contributed by atoms with Gasteiger partial charge >= 0.3 is 6.18 Å². The van der Waals surface area contributed by atoms with Gasteiger partial charge < -0.3 is 10.2 Å². The standard InChI is InChI=1S/C23H27ClN4O.C4H8F3N/c1-3-5-6-13-27-21(26-14-7-8-19(26)4-2)15-22(29)28-16-20(25-23(27)28)17-9-11-18(24)12-10-17;1-8-3-2-4(5,6)7/h4,9-12,15-16,19H,2-3,5-8,13-14H2,1H3;8H,2-3H2,1H3. The molecule has 1 fully saturated rings. The molecule has 0 aliphatic carbocycles. The van der Waals surface area contributed by atoms with Crippen LogP contribution in [0.4, 0.5) is 19.0 Å². The fraction of sp³-hybridized carbons (Fsp3) is 0.481. The zero-order chi connectivity index (χ0) is 27.0. The van der Waals surface area contributed by atoms with Gasteiger partial charge in [0.05, 0.1) is 12.1 Å². The second-order valence-electron chi connectivity index (χ2n) is 9.11. The summed E-state index contributed by atoms with van der Waals surface area (Å²) >= 11 is 6.03. The van der Waals surface area contributed by atoms with Crippen LogP contribution in [0.15, 0.2) is 54.0 Å². The smallest absolute Gasteiger partial charge is 0.351 e. The van der Waals surface area contributed by atoms with E-state index in [-0.39, 0.29) is 18.1 Å². The first-order chi connectivity index (χ1) is 17.7. The van der Waals surface area contributed by atoms with Gasteiger partial charge in [0, 0.05) is 48.5 Å². The van der Waals surface area contributed by atoms with Crippen LogP contribution >= 0.6 is 11.6 Å². The lowest BCUT2D eigenvalue weighted by Crippen LogP contribution is -2.33. The highest BCUT2D eigenvalue weighted by atomic mass is 35.5. The van der Waals surface area contributed by atoms with Gasteiger partial charge in [-0.05, 0) is 38.4 Å². The van der Waals surface area contributed by atoms with E-state index in [1.165, 1.54) is 7.05 Å². The van der Waals surface area contributed by atoms with E-state index in [0.29, 0.717) is 10.8 Å². The average Bonchev–Trinajstić information content (AvgIpc) is 3.52. The van der Waals surface area contributed by atoms with Crippen molar-refractivity contribution in [3.05, 3.63) is 64.6 Å². The topological polar surface area (TPSA) is 54.6 Å². The first-order valence-electron chi connectivity index (χ1n) is 12.7. The van der Waals surface area contributed by atoms with Crippen molar-refractivity contribution < 1.29 is 13.2 Å². The van der Waals surface area contributed by atoms with Gasteiger partial charge in [0.25, 0.3) is 5.56 Å². The van der Waals surface area contributed by atoms with Crippen LogP contribution in [0.5, 0.6) is 0 Å². The van der Waals surface area contributed by atoms with E-state index in [2.05, 4.69) is 28.3 Å². The molecule has 10 heteroatoms. The van der Waals surface area contributed by atoms with Gasteiger partial charge in [-0.3, -0.25) is 13.8 Å². The van der Waals surface area contributed by atoms with Gasteiger partial charge in [-0.15, -0.1) is 6.58 Å². The fourth-order valence-electron chi connectivity index (χ4n) is 4.40. The van der Waals surface area contributed by atoms with Crippen molar-refractivity contribution in [1.82, 2.24) is 19.3 Å². The first kappa shape index (κ1) is 28.8. The van der Waals surface area contributed by atoms with Crippen molar-refractivity contribution in [2.75, 3.05) is 25.0 Å². The maximum absolute atomic E-state index is 13.0. The molecule has 1 unspecified atom stereocenters. The molecular formula is C27H35ClF3N5O. The minimum atomic E-state index is -4.01. The number of alkyl halides is 3. The summed E-state index contributed by atoms with van der Waals surface area (Å²) in [4.78, 5) is 20.1. The Labute approximate surface area is 220 Å². The van der Waals surface area contributed by atoms with Gasteiger partial charge in [0.1, 0.15) is 5.82 Å². The van der Waals surface area contributed by atoms with Crippen LogP contribution in [0.2, 0.25) is 5.02 Å². The predicted molar refractivity (Wildman–Crippen MR) is 145 cm³/mol. The third kappa shape index (κ3) is 7.61. The second kappa shape index (κ2) is 13.1. The van der Waals surface area contributed by atoms with E-state index in [1.807, 2.05) is 36.5 Å². The molecule has 0 amide bonds. The van der Waals surface area contributed by atoms with Crippen molar-refractivity contribution in [1.29, 1.82) is 0 Å². The van der Waals surface area contributed by atoms with Crippen LogP contribution < -0.4 is 15.8 Å². The number of aryl methyl sites for hydroxylation is 1. The van der Waals surface area contributed by atoms with Crippen LogP contribution in [0.25, 0.3) is 17.0 Å². The van der Waals surface area contributed by atoms with Gasteiger partial charge in [0.15, 0.2) is 0 Å². The van der Waals surface area contributed by atoms with E-state index >= 15 is 0 Å². The average molecular weight is 538 g/mol. The molecule has 1 aromatic carbocycles. The van der Waals surface area contributed by atoms with E-state index in [0.717, 1.165) is 62.3 Å². The first-order valence-corrected chi connectivity index (χ1v) is 13.1. The van der Waals surface area contributed by atoms with E-state index in [4.69, 9.17) is 16.6 Å². The second-order valence-corrected chi connectivity index (χ2v) is 9.55. The summed E-state index contributed by atoms with van der Waals surface area (Å²) in [6, 6.07) is 9.58. The fourth-order valence-corrected chi connectivity index (χ4v) is 4.53. The molecule has 37 heavy (non-hydrogen) atoms. The monoisotopic (exact) mass is 537 g/mol. The van der Waals surface area contributed by atoms with Crippen LogP contribution in [0, 0.1) is 0 Å². The number of benzene rings is 1. The number of hydrogen-bond acceptors (Lipinski definition) is 4. The van der Waals surface area contributed by atoms with Crippen molar-refractivity contribution >= 4 is 23.2 Å². The predicted octanol–water partition coefficient (Wildman–Crippen LogP) is 6.32. The zero-order valence-corrected chi connectivity index (χ0v) is 22.2. The number of anilines is 1. The molecule has 6 nitrogen and oxygen atoms in total. The number of aromatic nitrogens is 3. The lowest BCUT2D eigenvalue weighted by Gasteiger charge is -2.28. The number of fused-ring (bicyclic) bond motifs is 1. The van der Waals surface area contributed by atoms with Crippen molar-refractivity contribution in [2.24, 2.45) is 0 Å². The SMILES string of the molecule is C=CC1CCCN1c1cc(=O)n2cc(-c3ccc(Cl)cc3)nc2n1CCCCC.CNCCC(F)(F)F. The number of nitrogens with one attached hydrogen (secondary N) is 1. The molecule has 4 rings (SSSR count). The van der Waals surface area contributed by atoms with E-state index in [9.17, 15) is 18.0 Å². The molecule has 0 radical (unpaired) electrons. The molecule has 2 aromatic heterocycles. The molecule has 1 aliphatic heterocycles. The van der Waals surface area contributed by atoms with E-state index < -0.39 is 12.6 Å². The molecule has 3 heterocycles. The highest BCUT2D eigenvalue weighted by Gasteiger charge is 2.26. The van der Waals surface area contributed by atoms with E-state index in [1.54, 1.807) is 10.5 Å². The maximum atomic E-state index is 13.0. The molecule has 3 aromatic rings. The van der Waals surface area contributed by atoms with Crippen molar-refractivity contribution in [3.8, 4) is 11.3 Å². The lowest BCUT2D eigenvalue weighted by molar-refractivity contribution is -0.133. The largest absolute Gasteiger partial charge is 0.390 e. The van der Waals surface area contributed by atoms with Crippen LogP contribution in [-0.4, -0.2) is 46.3 Å². The lowest BCUT2D eigenvalue weighted by atomic mass is 10.2. The number of halogens is 4. The summed E-state index contributed by atoms with van der Waals surface area (Å²) in [5, 5.41) is 3.09. The van der Waals surface area contributed by atoms with Crippen LogP contribution in [-0.2, 0) is 6.54 Å². The Morgan fingerprint density at radius 2 is 1.97 bits per heavy atom. The Bertz CT molecular complexity index is 1220. The van der Waals surface area contributed by atoms with Crippen molar-refractivity contribution in [3.63, 3.8) is 0 Å². The van der Waals surface area contributed by atoms with Crippen LogP contribution in [0.1, 0.15) is 45.4 Å². The normalized spacial score (nSPS) is 15.6. The maximum Gasteiger partial charge on any atom is 0.390 e. The van der Waals surface area contributed by atoms with Gasteiger partial charge in [-0.2, -0.15) is 13.2 Å². The molecule has 0 bridgehead atoms. The summed E-state index contributed by atoms with van der Waals surface area (Å²) in [6.45, 7) is 7.97. The molecular weight excluding hydrogens is 503 g/mol. The summed E-state index contributed by atoms with van der Waals surface area (Å²) in [6.07, 6.45) is 4.59. The summed E-state index contributed by atoms with van der Waals surface area (Å²) in [7, 11) is 1.49. The third-order valence-electron chi connectivity index (χ3n) is 6.34. The molecule has 1 N–H and O–H groups in total. The summed E-state index contributed by atoms with van der Waals surface area (Å²) in [5.41, 5.74) is 1.68. The number of rotatable bonds is 9. The quantitative estimate of drug-likeness (QED) is 0.256. The zero-order valence-electron chi connectivity index (χ0n) is 21.4. The summed E-state index contributed by atoms with van der Waals surface area (Å²) < 4.78 is 37.5. The molecule has 1 atom stereocenters. The van der Waals surface area contributed by atoms with Crippen LogP contribution in [0.3, 0.4) is 0 Å². The number of hydrogen-bond donors (Lipinski definition) is 1. The van der Waals surface area contributed by atoms with Crippen molar-refractivity contribution in [2.45, 2.75) is 64.2 Å². The molecule has 202 valence electrons.